The van der Waals surface area contributed by atoms with Gasteiger partial charge in [-0.05, 0) is 33.0 Å². The fourth-order valence-corrected chi connectivity index (χ4v) is 1.63. The van der Waals surface area contributed by atoms with Crippen LogP contribution in [0, 0.1) is 0 Å². The lowest BCUT2D eigenvalue weighted by molar-refractivity contribution is -0.189. The smallest absolute Gasteiger partial charge is 0.425 e. The van der Waals surface area contributed by atoms with E-state index in [1.165, 1.54) is 13.2 Å². The summed E-state index contributed by atoms with van der Waals surface area (Å²) in [6.45, 7) is 2.80. The van der Waals surface area contributed by atoms with E-state index in [4.69, 9.17) is 9.47 Å². The van der Waals surface area contributed by atoms with Crippen molar-refractivity contribution in [1.29, 1.82) is 0 Å². The number of rotatable bonds is 5. The van der Waals surface area contributed by atoms with Crippen LogP contribution < -0.4 is 14.8 Å². The lowest BCUT2D eigenvalue weighted by Gasteiger charge is -2.23. The van der Waals surface area contributed by atoms with Crippen molar-refractivity contribution >= 4 is 0 Å². The van der Waals surface area contributed by atoms with Crippen LogP contribution in [-0.2, 0) is 0 Å². The Morgan fingerprint density at radius 1 is 1.16 bits per heavy atom. The van der Waals surface area contributed by atoms with Crippen molar-refractivity contribution < 1.29 is 22.6 Å². The van der Waals surface area contributed by atoms with Gasteiger partial charge in [-0.2, -0.15) is 13.2 Å². The number of ether oxygens (including phenoxy) is 2. The lowest BCUT2D eigenvalue weighted by atomic mass is 10.1. The number of nitrogens with one attached hydrogen (secondary N) is 1. The molecule has 19 heavy (non-hydrogen) atoms. The van der Waals surface area contributed by atoms with E-state index in [0.29, 0.717) is 11.3 Å². The van der Waals surface area contributed by atoms with Gasteiger partial charge in [-0.25, -0.2) is 0 Å². The molecule has 0 saturated carbocycles. The average Bonchev–Trinajstić information content (AvgIpc) is 2.36. The maximum absolute atomic E-state index is 12.6. The summed E-state index contributed by atoms with van der Waals surface area (Å²) >= 11 is 0. The molecular weight excluding hydrogens is 259 g/mol. The SMILES string of the molecule is CNC(C)c1c(OC)cccc1OC(C)C(F)(F)F. The zero-order valence-electron chi connectivity index (χ0n) is 11.3. The Morgan fingerprint density at radius 2 is 1.74 bits per heavy atom. The predicted molar refractivity (Wildman–Crippen MR) is 66.6 cm³/mol. The van der Waals surface area contributed by atoms with Gasteiger partial charge in [0.15, 0.2) is 6.10 Å². The molecule has 2 atom stereocenters. The molecule has 0 heterocycles. The maximum Gasteiger partial charge on any atom is 0.425 e. The van der Waals surface area contributed by atoms with Crippen LogP contribution >= 0.6 is 0 Å². The van der Waals surface area contributed by atoms with E-state index in [2.05, 4.69) is 5.32 Å². The second-order valence-corrected chi connectivity index (χ2v) is 4.18. The molecule has 0 amide bonds. The summed E-state index contributed by atoms with van der Waals surface area (Å²) in [6, 6.07) is 4.61. The first-order chi connectivity index (χ1) is 8.81. The monoisotopic (exact) mass is 277 g/mol. The second-order valence-electron chi connectivity index (χ2n) is 4.18. The predicted octanol–water partition coefficient (Wildman–Crippen LogP) is 3.31. The Bertz CT molecular complexity index is 421. The fourth-order valence-electron chi connectivity index (χ4n) is 1.63. The van der Waals surface area contributed by atoms with Gasteiger partial charge in [0.1, 0.15) is 11.5 Å². The third kappa shape index (κ3) is 3.76. The maximum atomic E-state index is 12.6. The highest BCUT2D eigenvalue weighted by molar-refractivity contribution is 5.46. The summed E-state index contributed by atoms with van der Waals surface area (Å²) in [6.07, 6.45) is -6.27. The average molecular weight is 277 g/mol. The quantitative estimate of drug-likeness (QED) is 0.895. The molecule has 1 aromatic carbocycles. The van der Waals surface area contributed by atoms with Crippen LogP contribution in [0.4, 0.5) is 13.2 Å². The van der Waals surface area contributed by atoms with Crippen LogP contribution in [0.5, 0.6) is 11.5 Å². The van der Waals surface area contributed by atoms with E-state index in [1.54, 1.807) is 19.2 Å². The minimum atomic E-state index is -4.40. The molecule has 0 aliphatic heterocycles. The number of hydrogen-bond donors (Lipinski definition) is 1. The van der Waals surface area contributed by atoms with Gasteiger partial charge in [0.05, 0.1) is 12.7 Å². The van der Waals surface area contributed by atoms with E-state index in [0.717, 1.165) is 6.92 Å². The summed E-state index contributed by atoms with van der Waals surface area (Å²) in [5, 5.41) is 2.97. The van der Waals surface area contributed by atoms with Crippen molar-refractivity contribution in [3.63, 3.8) is 0 Å². The number of hydrogen-bond acceptors (Lipinski definition) is 3. The van der Waals surface area contributed by atoms with E-state index in [9.17, 15) is 13.2 Å². The standard InChI is InChI=1S/C13H18F3NO2/c1-8(17-3)12-10(18-4)6-5-7-11(12)19-9(2)13(14,15)16/h5-9,17H,1-4H3. The summed E-state index contributed by atoms with van der Waals surface area (Å²) in [7, 11) is 3.19. The summed E-state index contributed by atoms with van der Waals surface area (Å²) in [5.41, 5.74) is 0.573. The van der Waals surface area contributed by atoms with Gasteiger partial charge in [-0.1, -0.05) is 6.07 Å². The molecule has 1 N–H and O–H groups in total. The highest BCUT2D eigenvalue weighted by Crippen LogP contribution is 2.36. The van der Waals surface area contributed by atoms with E-state index < -0.39 is 12.3 Å². The molecule has 2 unspecified atom stereocenters. The molecule has 0 bridgehead atoms. The van der Waals surface area contributed by atoms with Gasteiger partial charge in [0, 0.05) is 6.04 Å². The summed E-state index contributed by atoms with van der Waals surface area (Å²) < 4.78 is 47.9. The van der Waals surface area contributed by atoms with Crippen LogP contribution in [0.15, 0.2) is 18.2 Å². The van der Waals surface area contributed by atoms with Crippen molar-refractivity contribution in [2.24, 2.45) is 0 Å². The molecule has 0 radical (unpaired) electrons. The third-order valence-electron chi connectivity index (χ3n) is 2.88. The zero-order valence-corrected chi connectivity index (χ0v) is 11.3. The van der Waals surface area contributed by atoms with Crippen LogP contribution in [0.3, 0.4) is 0 Å². The van der Waals surface area contributed by atoms with Crippen molar-refractivity contribution in [3.05, 3.63) is 23.8 Å². The fraction of sp³-hybridized carbons (Fsp3) is 0.538. The molecule has 0 aliphatic carbocycles. The molecule has 1 rings (SSSR count). The topological polar surface area (TPSA) is 30.5 Å². The largest absolute Gasteiger partial charge is 0.496 e. The molecule has 3 nitrogen and oxygen atoms in total. The van der Waals surface area contributed by atoms with Crippen molar-refractivity contribution in [1.82, 2.24) is 5.32 Å². The van der Waals surface area contributed by atoms with Gasteiger partial charge in [-0.15, -0.1) is 0 Å². The normalized spacial score (nSPS) is 14.9. The minimum absolute atomic E-state index is 0.172. The highest BCUT2D eigenvalue weighted by Gasteiger charge is 2.38. The van der Waals surface area contributed by atoms with E-state index in [-0.39, 0.29) is 11.8 Å². The zero-order chi connectivity index (χ0) is 14.6. The number of methoxy groups -OCH3 is 1. The van der Waals surface area contributed by atoms with Crippen LogP contribution in [-0.4, -0.2) is 26.4 Å². The molecule has 0 aliphatic rings. The highest BCUT2D eigenvalue weighted by atomic mass is 19.4. The van der Waals surface area contributed by atoms with Gasteiger partial charge < -0.3 is 14.8 Å². The third-order valence-corrected chi connectivity index (χ3v) is 2.88. The second kappa shape index (κ2) is 6.14. The van der Waals surface area contributed by atoms with Gasteiger partial charge in [0.2, 0.25) is 0 Å². The number of benzene rings is 1. The van der Waals surface area contributed by atoms with E-state index in [1.807, 2.05) is 6.92 Å². The first kappa shape index (κ1) is 15.6. The first-order valence-electron chi connectivity index (χ1n) is 5.88. The summed E-state index contributed by atoms with van der Waals surface area (Å²) in [4.78, 5) is 0. The summed E-state index contributed by atoms with van der Waals surface area (Å²) in [5.74, 6) is 0.666. The molecule has 0 aromatic heterocycles. The van der Waals surface area contributed by atoms with Crippen LogP contribution in [0.1, 0.15) is 25.5 Å². The minimum Gasteiger partial charge on any atom is -0.496 e. The Labute approximate surface area is 110 Å². The van der Waals surface area contributed by atoms with Crippen LogP contribution in [0.2, 0.25) is 0 Å². The molecule has 0 saturated heterocycles. The number of halogens is 3. The Hall–Kier alpha value is -1.43. The molecule has 6 heteroatoms. The number of alkyl halides is 3. The Morgan fingerprint density at radius 3 is 2.21 bits per heavy atom. The molecule has 1 aromatic rings. The van der Waals surface area contributed by atoms with E-state index >= 15 is 0 Å². The molecule has 108 valence electrons. The Kier molecular flexibility index (Phi) is 5.05. The Balaban J connectivity index is 3.13. The van der Waals surface area contributed by atoms with Gasteiger partial charge in [0.25, 0.3) is 0 Å². The molecule has 0 fully saturated rings. The molecule has 0 spiro atoms. The first-order valence-corrected chi connectivity index (χ1v) is 5.88. The van der Waals surface area contributed by atoms with Crippen molar-refractivity contribution in [3.8, 4) is 11.5 Å². The molecular formula is C13H18F3NO2. The lowest BCUT2D eigenvalue weighted by Crippen LogP contribution is -2.31. The van der Waals surface area contributed by atoms with Crippen molar-refractivity contribution in [2.45, 2.75) is 32.2 Å². The van der Waals surface area contributed by atoms with Crippen molar-refractivity contribution in [2.75, 3.05) is 14.2 Å². The van der Waals surface area contributed by atoms with Gasteiger partial charge in [-0.3, -0.25) is 0 Å². The van der Waals surface area contributed by atoms with Crippen LogP contribution in [0.25, 0.3) is 0 Å². The van der Waals surface area contributed by atoms with Gasteiger partial charge >= 0.3 is 6.18 Å².